The van der Waals surface area contributed by atoms with Crippen molar-refractivity contribution in [2.45, 2.75) is 18.8 Å². The van der Waals surface area contributed by atoms with Gasteiger partial charge in [0.2, 0.25) is 5.95 Å². The highest BCUT2D eigenvalue weighted by atomic mass is 79.9. The van der Waals surface area contributed by atoms with Gasteiger partial charge in [-0.1, -0.05) is 23.7 Å². The Morgan fingerprint density at radius 3 is 2.88 bits per heavy atom. The number of carbonyl (C=O) groups excluding carboxylic acids is 1. The van der Waals surface area contributed by atoms with E-state index in [1.807, 2.05) is 6.07 Å². The first-order valence-electron chi connectivity index (χ1n) is 8.01. The van der Waals surface area contributed by atoms with Crippen molar-refractivity contribution < 1.29 is 4.79 Å². The summed E-state index contributed by atoms with van der Waals surface area (Å²) >= 11 is 9.45. The molecule has 0 aliphatic heterocycles. The number of halogens is 2. The predicted molar refractivity (Wildman–Crippen MR) is 103 cm³/mol. The van der Waals surface area contributed by atoms with Crippen molar-refractivity contribution in [1.82, 2.24) is 20.2 Å². The van der Waals surface area contributed by atoms with Crippen molar-refractivity contribution in [3.05, 3.63) is 57.3 Å². The fraction of sp³-hybridized carbons (Fsp3) is 0.176. The first-order chi connectivity index (χ1) is 12.6. The van der Waals surface area contributed by atoms with Crippen molar-refractivity contribution >= 4 is 51.0 Å². The van der Waals surface area contributed by atoms with Gasteiger partial charge < -0.3 is 5.32 Å². The van der Waals surface area contributed by atoms with E-state index in [9.17, 15) is 4.79 Å². The fourth-order valence-corrected chi connectivity index (χ4v) is 2.97. The minimum Gasteiger partial charge on any atom is -0.322 e. The summed E-state index contributed by atoms with van der Waals surface area (Å²) in [4.78, 5) is 20.8. The molecule has 26 heavy (non-hydrogen) atoms. The van der Waals surface area contributed by atoms with Crippen molar-refractivity contribution in [1.29, 1.82) is 0 Å². The average Bonchev–Trinajstić information content (AvgIpc) is 3.38. The van der Waals surface area contributed by atoms with Crippen LogP contribution in [-0.4, -0.2) is 26.1 Å². The Kier molecular flexibility index (Phi) is 4.60. The lowest BCUT2D eigenvalue weighted by Gasteiger charge is -2.08. The summed E-state index contributed by atoms with van der Waals surface area (Å²) in [6, 6.07) is 8.76. The second-order valence-electron chi connectivity index (χ2n) is 5.93. The Morgan fingerprint density at radius 2 is 2.12 bits per heavy atom. The van der Waals surface area contributed by atoms with Crippen molar-refractivity contribution in [3.63, 3.8) is 0 Å². The van der Waals surface area contributed by atoms with Crippen LogP contribution in [0.5, 0.6) is 0 Å². The zero-order valence-corrected chi connectivity index (χ0v) is 15.8. The van der Waals surface area contributed by atoms with Crippen LogP contribution in [0.3, 0.4) is 0 Å². The van der Waals surface area contributed by atoms with E-state index in [2.05, 4.69) is 46.7 Å². The number of hydrogen-bond acceptors (Lipinski definition) is 5. The third kappa shape index (κ3) is 3.71. The second kappa shape index (κ2) is 7.05. The number of anilines is 3. The number of carbonyl (C=O) groups is 1. The molecule has 0 spiro atoms. The van der Waals surface area contributed by atoms with Crippen molar-refractivity contribution in [2.75, 3.05) is 10.6 Å². The van der Waals surface area contributed by atoms with Gasteiger partial charge in [-0.05, 0) is 40.9 Å². The van der Waals surface area contributed by atoms with Gasteiger partial charge >= 0.3 is 0 Å². The molecule has 3 N–H and O–H groups in total. The Hall–Kier alpha value is -2.45. The Bertz CT molecular complexity index is 971. The zero-order valence-electron chi connectivity index (χ0n) is 13.5. The summed E-state index contributed by atoms with van der Waals surface area (Å²) < 4.78 is 0.657. The molecule has 0 radical (unpaired) electrons. The number of rotatable bonds is 5. The summed E-state index contributed by atoms with van der Waals surface area (Å²) in [6.07, 6.45) is 3.94. The SMILES string of the molecule is O=C(Nc1ncc(Br)c(Nc2cc(C3CC3)[nH]n2)n1)c1ccccc1Cl. The number of nitrogens with one attached hydrogen (secondary N) is 3. The number of benzene rings is 1. The van der Waals surface area contributed by atoms with Crippen LogP contribution >= 0.6 is 27.5 Å². The van der Waals surface area contributed by atoms with Crippen LogP contribution in [-0.2, 0) is 0 Å². The van der Waals surface area contributed by atoms with E-state index in [1.54, 1.807) is 30.5 Å². The molecule has 2 aromatic heterocycles. The number of aromatic nitrogens is 4. The summed E-state index contributed by atoms with van der Waals surface area (Å²) in [7, 11) is 0. The molecule has 0 unspecified atom stereocenters. The average molecular weight is 434 g/mol. The van der Waals surface area contributed by atoms with Gasteiger partial charge in [-0.3, -0.25) is 15.2 Å². The fourth-order valence-electron chi connectivity index (χ4n) is 2.45. The molecule has 0 saturated heterocycles. The highest BCUT2D eigenvalue weighted by molar-refractivity contribution is 9.10. The molecule has 7 nitrogen and oxygen atoms in total. The first kappa shape index (κ1) is 17.0. The highest BCUT2D eigenvalue weighted by Crippen LogP contribution is 2.39. The van der Waals surface area contributed by atoms with Crippen LogP contribution in [0.4, 0.5) is 17.6 Å². The van der Waals surface area contributed by atoms with E-state index in [0.29, 0.717) is 32.6 Å². The largest absolute Gasteiger partial charge is 0.322 e. The molecule has 0 bridgehead atoms. The van der Waals surface area contributed by atoms with Gasteiger partial charge in [0.25, 0.3) is 5.91 Å². The normalized spacial score (nSPS) is 13.5. The lowest BCUT2D eigenvalue weighted by atomic mass is 10.2. The topological polar surface area (TPSA) is 95.6 Å². The molecule has 3 aromatic rings. The van der Waals surface area contributed by atoms with Crippen LogP contribution in [0.15, 0.2) is 41.0 Å². The maximum Gasteiger partial charge on any atom is 0.259 e. The molecule has 1 fully saturated rings. The number of aromatic amines is 1. The number of amides is 1. The molecule has 0 atom stereocenters. The van der Waals surface area contributed by atoms with Gasteiger partial charge in [0.1, 0.15) is 0 Å². The number of H-pyrrole nitrogens is 1. The highest BCUT2D eigenvalue weighted by Gasteiger charge is 2.25. The Balaban J connectivity index is 1.51. The van der Waals surface area contributed by atoms with E-state index in [-0.39, 0.29) is 11.9 Å². The summed E-state index contributed by atoms with van der Waals surface area (Å²) in [6.45, 7) is 0. The summed E-state index contributed by atoms with van der Waals surface area (Å²) in [5.41, 5.74) is 1.47. The molecule has 9 heteroatoms. The van der Waals surface area contributed by atoms with Crippen LogP contribution in [0, 0.1) is 0 Å². The first-order valence-corrected chi connectivity index (χ1v) is 9.18. The predicted octanol–water partition coefficient (Wildman–Crippen LogP) is 4.49. The van der Waals surface area contributed by atoms with Crippen molar-refractivity contribution in [3.8, 4) is 0 Å². The van der Waals surface area contributed by atoms with Crippen molar-refractivity contribution in [2.24, 2.45) is 0 Å². The van der Waals surface area contributed by atoms with Gasteiger partial charge in [0, 0.05) is 23.9 Å². The van der Waals surface area contributed by atoms with Gasteiger partial charge in [0.05, 0.1) is 15.1 Å². The molecular weight excluding hydrogens is 420 g/mol. The van der Waals surface area contributed by atoms with Gasteiger partial charge in [-0.15, -0.1) is 0 Å². The van der Waals surface area contributed by atoms with E-state index < -0.39 is 0 Å². The van der Waals surface area contributed by atoms with Crippen LogP contribution < -0.4 is 10.6 Å². The molecule has 1 amide bonds. The minimum absolute atomic E-state index is 0.165. The molecule has 4 rings (SSSR count). The smallest absolute Gasteiger partial charge is 0.259 e. The van der Waals surface area contributed by atoms with Gasteiger partial charge in [-0.25, -0.2) is 4.98 Å². The third-order valence-electron chi connectivity index (χ3n) is 3.95. The number of nitrogens with zero attached hydrogens (tertiary/aromatic N) is 3. The quantitative estimate of drug-likeness (QED) is 0.551. The van der Waals surface area contributed by atoms with Crippen LogP contribution in [0.25, 0.3) is 0 Å². The maximum absolute atomic E-state index is 12.3. The summed E-state index contributed by atoms with van der Waals surface area (Å²) in [5.74, 6) is 1.54. The Morgan fingerprint density at radius 1 is 1.31 bits per heavy atom. The van der Waals surface area contributed by atoms with E-state index in [1.165, 1.54) is 12.8 Å². The monoisotopic (exact) mass is 432 g/mol. The van der Waals surface area contributed by atoms with E-state index in [4.69, 9.17) is 11.6 Å². The Labute approximate surface area is 162 Å². The summed E-state index contributed by atoms with van der Waals surface area (Å²) in [5, 5.41) is 13.4. The number of hydrogen-bond donors (Lipinski definition) is 3. The molecule has 1 aromatic carbocycles. The lowest BCUT2D eigenvalue weighted by molar-refractivity contribution is 0.102. The van der Waals surface area contributed by atoms with E-state index in [0.717, 1.165) is 5.69 Å². The molecular formula is C17H14BrClN6O. The van der Waals surface area contributed by atoms with Gasteiger partial charge in [-0.2, -0.15) is 10.1 Å². The van der Waals surface area contributed by atoms with Crippen LogP contribution in [0.2, 0.25) is 5.02 Å². The second-order valence-corrected chi connectivity index (χ2v) is 7.19. The molecule has 132 valence electrons. The standard InChI is InChI=1S/C17H14BrClN6O/c18-11-8-20-17(23-16(26)10-3-1-2-4-12(10)19)22-15(11)21-14-7-13(24-25-14)9-5-6-9/h1-4,7-9H,5-6H2,(H3,20,21,22,23,24,25,26). The molecule has 2 heterocycles. The molecule has 1 aliphatic carbocycles. The lowest BCUT2D eigenvalue weighted by Crippen LogP contribution is -2.15. The third-order valence-corrected chi connectivity index (χ3v) is 4.86. The maximum atomic E-state index is 12.3. The van der Waals surface area contributed by atoms with Crippen LogP contribution in [0.1, 0.15) is 34.8 Å². The minimum atomic E-state index is -0.375. The zero-order chi connectivity index (χ0) is 18.1. The van der Waals surface area contributed by atoms with E-state index >= 15 is 0 Å². The molecule has 1 aliphatic rings. The molecule has 1 saturated carbocycles. The van der Waals surface area contributed by atoms with Gasteiger partial charge in [0.15, 0.2) is 11.6 Å².